The Hall–Kier alpha value is -3.17. The topological polar surface area (TPSA) is 86.8 Å². The number of carbonyl (C=O) groups is 2. The van der Waals surface area contributed by atoms with Crippen LogP contribution in [0.1, 0.15) is 30.5 Å². The van der Waals surface area contributed by atoms with E-state index in [1.165, 1.54) is 4.90 Å². The van der Waals surface area contributed by atoms with E-state index in [-0.39, 0.29) is 18.4 Å². The van der Waals surface area contributed by atoms with Crippen molar-refractivity contribution in [3.8, 4) is 0 Å². The van der Waals surface area contributed by atoms with Gasteiger partial charge in [-0.05, 0) is 48.2 Å². The van der Waals surface area contributed by atoms with Crippen LogP contribution in [-0.2, 0) is 32.6 Å². The van der Waals surface area contributed by atoms with Crippen LogP contribution in [0.3, 0.4) is 0 Å². The molecule has 1 atom stereocenters. The van der Waals surface area contributed by atoms with Crippen molar-refractivity contribution in [3.63, 3.8) is 0 Å². The highest BCUT2D eigenvalue weighted by atomic mass is 79.9. The number of sulfonamides is 1. The van der Waals surface area contributed by atoms with Crippen molar-refractivity contribution >= 4 is 43.5 Å². The predicted octanol–water partition coefficient (Wildman–Crippen LogP) is 4.94. The molecule has 0 saturated heterocycles. The zero-order valence-corrected chi connectivity index (χ0v) is 25.2. The second-order valence-corrected chi connectivity index (χ2v) is 12.9. The highest BCUT2D eigenvalue weighted by Crippen LogP contribution is 2.22. The molecule has 39 heavy (non-hydrogen) atoms. The number of aryl methyl sites for hydroxylation is 1. The Balaban J connectivity index is 2.03. The number of halogens is 1. The molecule has 2 amide bonds. The summed E-state index contributed by atoms with van der Waals surface area (Å²) >= 11 is 3.36. The average molecular weight is 615 g/mol. The number of rotatable bonds is 12. The number of hydrogen-bond donors (Lipinski definition) is 1. The summed E-state index contributed by atoms with van der Waals surface area (Å²) in [7, 11) is -3.79. The van der Waals surface area contributed by atoms with Gasteiger partial charge in [-0.3, -0.25) is 13.9 Å². The Morgan fingerprint density at radius 3 is 2.08 bits per heavy atom. The van der Waals surface area contributed by atoms with E-state index in [1.54, 1.807) is 24.3 Å². The van der Waals surface area contributed by atoms with Gasteiger partial charge in [0.1, 0.15) is 12.6 Å². The molecule has 3 aromatic carbocycles. The molecule has 3 rings (SSSR count). The zero-order chi connectivity index (χ0) is 28.6. The van der Waals surface area contributed by atoms with Crippen LogP contribution in [0.2, 0.25) is 0 Å². The molecule has 208 valence electrons. The molecule has 0 aliphatic rings. The molecule has 0 aromatic heterocycles. The average Bonchev–Trinajstić information content (AvgIpc) is 2.89. The third-order valence-electron chi connectivity index (χ3n) is 6.22. The van der Waals surface area contributed by atoms with Gasteiger partial charge >= 0.3 is 0 Å². The maximum atomic E-state index is 14.0. The molecule has 0 aliphatic carbocycles. The van der Waals surface area contributed by atoms with Gasteiger partial charge in [0.25, 0.3) is 0 Å². The molecule has 7 nitrogen and oxygen atoms in total. The van der Waals surface area contributed by atoms with E-state index in [4.69, 9.17) is 0 Å². The minimum Gasteiger partial charge on any atom is -0.354 e. The molecule has 0 aliphatic heterocycles. The molecular formula is C30H36BrN3O4S. The van der Waals surface area contributed by atoms with Crippen LogP contribution in [-0.4, -0.2) is 50.5 Å². The zero-order valence-electron chi connectivity index (χ0n) is 22.8. The summed E-state index contributed by atoms with van der Waals surface area (Å²) in [6.45, 7) is 6.17. The van der Waals surface area contributed by atoms with E-state index in [2.05, 4.69) is 21.2 Å². The van der Waals surface area contributed by atoms with Crippen LogP contribution >= 0.6 is 15.9 Å². The molecule has 9 heteroatoms. The fourth-order valence-electron chi connectivity index (χ4n) is 4.09. The van der Waals surface area contributed by atoms with Gasteiger partial charge in [-0.25, -0.2) is 8.42 Å². The summed E-state index contributed by atoms with van der Waals surface area (Å²) in [5.74, 6) is -0.516. The van der Waals surface area contributed by atoms with Gasteiger partial charge in [-0.1, -0.05) is 89.9 Å². The van der Waals surface area contributed by atoms with E-state index in [0.717, 1.165) is 31.7 Å². The van der Waals surface area contributed by atoms with Gasteiger partial charge in [0, 0.05) is 24.0 Å². The largest absolute Gasteiger partial charge is 0.354 e. The lowest BCUT2D eigenvalue weighted by atomic mass is 10.0. The molecule has 0 heterocycles. The smallest absolute Gasteiger partial charge is 0.244 e. The van der Waals surface area contributed by atoms with Crippen molar-refractivity contribution in [1.29, 1.82) is 0 Å². The number of nitrogens with zero attached hydrogens (tertiary/aromatic N) is 2. The number of benzene rings is 3. The molecule has 0 spiro atoms. The Morgan fingerprint density at radius 2 is 1.51 bits per heavy atom. The SMILES string of the molecule is Cc1ccc(CN(C(=O)CN(c2ccc(Br)cc2)S(C)(=O)=O)[C@H](Cc2ccccc2)C(=O)NCC(C)C)cc1. The van der Waals surface area contributed by atoms with E-state index >= 15 is 0 Å². The van der Waals surface area contributed by atoms with Crippen molar-refractivity contribution in [2.45, 2.75) is 39.8 Å². The second-order valence-electron chi connectivity index (χ2n) is 10.1. The standard InChI is InChI=1S/C30H36BrN3O4S/c1-22(2)19-32-30(36)28(18-24-8-6-5-7-9-24)33(20-25-12-10-23(3)11-13-25)29(35)21-34(39(4,37)38)27-16-14-26(31)15-17-27/h5-17,22,28H,18-21H2,1-4H3,(H,32,36)/t28-/m1/s1. The first kappa shape index (κ1) is 30.4. The molecule has 0 unspecified atom stereocenters. The lowest BCUT2D eigenvalue weighted by Gasteiger charge is -2.33. The van der Waals surface area contributed by atoms with Crippen molar-refractivity contribution < 1.29 is 18.0 Å². The first-order valence-corrected chi connectivity index (χ1v) is 15.5. The van der Waals surface area contributed by atoms with Crippen molar-refractivity contribution in [3.05, 3.63) is 100 Å². The highest BCUT2D eigenvalue weighted by molar-refractivity contribution is 9.10. The molecule has 3 aromatic rings. The van der Waals surface area contributed by atoms with Gasteiger partial charge in [0.2, 0.25) is 21.8 Å². The Kier molecular flexibility index (Phi) is 10.7. The Bertz CT molecular complexity index is 1350. The van der Waals surface area contributed by atoms with Crippen LogP contribution in [0, 0.1) is 12.8 Å². The summed E-state index contributed by atoms with van der Waals surface area (Å²) in [5.41, 5.74) is 3.19. The van der Waals surface area contributed by atoms with E-state index in [0.29, 0.717) is 18.7 Å². The van der Waals surface area contributed by atoms with Crippen LogP contribution in [0.15, 0.2) is 83.3 Å². The third-order valence-corrected chi connectivity index (χ3v) is 7.89. The number of nitrogens with one attached hydrogen (secondary N) is 1. The van der Waals surface area contributed by atoms with Crippen molar-refractivity contribution in [2.24, 2.45) is 5.92 Å². The van der Waals surface area contributed by atoms with E-state index in [9.17, 15) is 18.0 Å². The summed E-state index contributed by atoms with van der Waals surface area (Å²) in [6, 6.07) is 23.1. The minimum absolute atomic E-state index is 0.156. The number of anilines is 1. The number of hydrogen-bond acceptors (Lipinski definition) is 4. The molecule has 0 fully saturated rings. The molecule has 1 N–H and O–H groups in total. The lowest BCUT2D eigenvalue weighted by molar-refractivity contribution is -0.140. The van der Waals surface area contributed by atoms with Crippen LogP contribution < -0.4 is 9.62 Å². The lowest BCUT2D eigenvalue weighted by Crippen LogP contribution is -2.53. The third kappa shape index (κ3) is 9.21. The maximum absolute atomic E-state index is 14.0. The second kappa shape index (κ2) is 13.8. The monoisotopic (exact) mass is 613 g/mol. The summed E-state index contributed by atoms with van der Waals surface area (Å²) in [4.78, 5) is 29.1. The van der Waals surface area contributed by atoms with Gasteiger partial charge in [0.15, 0.2) is 0 Å². The summed E-state index contributed by atoms with van der Waals surface area (Å²) < 4.78 is 27.5. The normalized spacial score (nSPS) is 12.2. The van der Waals surface area contributed by atoms with Gasteiger partial charge in [-0.2, -0.15) is 0 Å². The van der Waals surface area contributed by atoms with Crippen molar-refractivity contribution in [2.75, 3.05) is 23.7 Å². The quantitative estimate of drug-likeness (QED) is 0.314. The first-order valence-electron chi connectivity index (χ1n) is 12.8. The predicted molar refractivity (Wildman–Crippen MR) is 160 cm³/mol. The first-order chi connectivity index (χ1) is 18.4. The minimum atomic E-state index is -3.79. The Labute approximate surface area is 240 Å². The molecule has 0 saturated carbocycles. The number of amides is 2. The summed E-state index contributed by atoms with van der Waals surface area (Å²) in [6.07, 6.45) is 1.36. The number of carbonyl (C=O) groups excluding carboxylic acids is 2. The Morgan fingerprint density at radius 1 is 0.897 bits per heavy atom. The van der Waals surface area contributed by atoms with Gasteiger partial charge in [0.05, 0.1) is 11.9 Å². The fourth-order valence-corrected chi connectivity index (χ4v) is 5.20. The molecule has 0 radical (unpaired) electrons. The van der Waals surface area contributed by atoms with Crippen LogP contribution in [0.5, 0.6) is 0 Å². The van der Waals surface area contributed by atoms with Crippen molar-refractivity contribution in [1.82, 2.24) is 10.2 Å². The maximum Gasteiger partial charge on any atom is 0.244 e. The van der Waals surface area contributed by atoms with Gasteiger partial charge in [-0.15, -0.1) is 0 Å². The van der Waals surface area contributed by atoms with E-state index < -0.39 is 28.5 Å². The van der Waals surface area contributed by atoms with Gasteiger partial charge < -0.3 is 10.2 Å². The van der Waals surface area contributed by atoms with Crippen LogP contribution in [0.25, 0.3) is 0 Å². The molecular weight excluding hydrogens is 578 g/mol. The highest BCUT2D eigenvalue weighted by Gasteiger charge is 2.33. The molecule has 0 bridgehead atoms. The summed E-state index contributed by atoms with van der Waals surface area (Å²) in [5, 5.41) is 2.98. The van der Waals surface area contributed by atoms with E-state index in [1.807, 2.05) is 75.4 Å². The fraction of sp³-hybridized carbons (Fsp3) is 0.333. The van der Waals surface area contributed by atoms with Crippen LogP contribution in [0.4, 0.5) is 5.69 Å².